The Bertz CT molecular complexity index is 319. The van der Waals surface area contributed by atoms with Crippen LogP contribution in [0.3, 0.4) is 0 Å². The largest absolute Gasteiger partial charge is 0.316 e. The number of amides is 2. The lowest BCUT2D eigenvalue weighted by atomic mass is 9.83. The molecule has 2 atom stereocenters. The number of nitrogens with one attached hydrogen (secondary N) is 1. The van der Waals surface area contributed by atoms with Crippen molar-refractivity contribution in [3.8, 4) is 0 Å². The van der Waals surface area contributed by atoms with Gasteiger partial charge in [-0.2, -0.15) is 0 Å². The van der Waals surface area contributed by atoms with E-state index >= 15 is 0 Å². The zero-order valence-electron chi connectivity index (χ0n) is 10.2. The molecule has 4 heteroatoms. The van der Waals surface area contributed by atoms with Gasteiger partial charge in [0.05, 0.1) is 5.92 Å². The fourth-order valence-electron chi connectivity index (χ4n) is 2.51. The number of likely N-dealkylation sites (tertiary alicyclic amines) is 1. The summed E-state index contributed by atoms with van der Waals surface area (Å²) < 4.78 is 0. The molecule has 2 amide bonds. The maximum Gasteiger partial charge on any atom is 0.234 e. The zero-order valence-corrected chi connectivity index (χ0v) is 10.2. The van der Waals surface area contributed by atoms with Crippen LogP contribution in [-0.4, -0.2) is 36.3 Å². The molecule has 2 aliphatic heterocycles. The summed E-state index contributed by atoms with van der Waals surface area (Å²) in [5, 5.41) is 3.26. The van der Waals surface area contributed by atoms with Gasteiger partial charge < -0.3 is 5.32 Å². The first-order valence-corrected chi connectivity index (χ1v) is 5.96. The van der Waals surface area contributed by atoms with Gasteiger partial charge in [0.15, 0.2) is 0 Å². The van der Waals surface area contributed by atoms with Crippen LogP contribution < -0.4 is 5.32 Å². The Balaban J connectivity index is 2.16. The number of hydrogen-bond acceptors (Lipinski definition) is 3. The quantitative estimate of drug-likeness (QED) is 0.656. The van der Waals surface area contributed by atoms with Crippen LogP contribution >= 0.6 is 0 Å². The molecule has 2 bridgehead atoms. The highest BCUT2D eigenvalue weighted by molar-refractivity contribution is 5.99. The van der Waals surface area contributed by atoms with Crippen molar-refractivity contribution in [1.82, 2.24) is 10.2 Å². The van der Waals surface area contributed by atoms with Gasteiger partial charge in [-0.3, -0.25) is 14.5 Å². The van der Waals surface area contributed by atoms with Crippen molar-refractivity contribution in [1.29, 1.82) is 0 Å². The molecule has 0 aromatic carbocycles. The molecule has 2 saturated heterocycles. The summed E-state index contributed by atoms with van der Waals surface area (Å²) in [6.45, 7) is 7.85. The van der Waals surface area contributed by atoms with Crippen molar-refractivity contribution < 1.29 is 9.59 Å². The maximum atomic E-state index is 12.1. The highest BCUT2D eigenvalue weighted by Crippen LogP contribution is 2.29. The highest BCUT2D eigenvalue weighted by Gasteiger charge is 2.42. The molecule has 1 N–H and O–H groups in total. The summed E-state index contributed by atoms with van der Waals surface area (Å²) in [7, 11) is 0. The molecule has 90 valence electrons. The van der Waals surface area contributed by atoms with Gasteiger partial charge in [0.1, 0.15) is 0 Å². The summed E-state index contributed by atoms with van der Waals surface area (Å²) in [6, 6.07) is 0. The fourth-order valence-corrected chi connectivity index (χ4v) is 2.51. The molecule has 16 heavy (non-hydrogen) atoms. The lowest BCUT2D eigenvalue weighted by Gasteiger charge is -2.41. The SMILES string of the molecule is CC(C)(C)C(=O)N1CC2CNCC(C2)C1=O. The van der Waals surface area contributed by atoms with Crippen LogP contribution in [0.25, 0.3) is 0 Å². The monoisotopic (exact) mass is 224 g/mol. The van der Waals surface area contributed by atoms with E-state index in [9.17, 15) is 9.59 Å². The Morgan fingerprint density at radius 1 is 1.38 bits per heavy atom. The van der Waals surface area contributed by atoms with Crippen LogP contribution in [0.2, 0.25) is 0 Å². The Kier molecular flexibility index (Phi) is 2.78. The molecular weight excluding hydrogens is 204 g/mol. The Hall–Kier alpha value is -0.900. The van der Waals surface area contributed by atoms with E-state index in [1.54, 1.807) is 0 Å². The number of piperidine rings is 2. The predicted molar refractivity (Wildman–Crippen MR) is 60.6 cm³/mol. The third kappa shape index (κ3) is 1.98. The number of carbonyl (C=O) groups is 2. The van der Waals surface area contributed by atoms with Crippen LogP contribution in [0.5, 0.6) is 0 Å². The first kappa shape index (κ1) is 11.6. The molecular formula is C12H20N2O2. The van der Waals surface area contributed by atoms with Gasteiger partial charge in [-0.15, -0.1) is 0 Å². The number of nitrogens with zero attached hydrogens (tertiary/aromatic N) is 1. The van der Waals surface area contributed by atoms with E-state index < -0.39 is 5.41 Å². The van der Waals surface area contributed by atoms with Crippen molar-refractivity contribution in [2.45, 2.75) is 27.2 Å². The van der Waals surface area contributed by atoms with E-state index in [1.165, 1.54) is 4.90 Å². The zero-order chi connectivity index (χ0) is 11.9. The molecule has 2 unspecified atom stereocenters. The van der Waals surface area contributed by atoms with Crippen LogP contribution in [0, 0.1) is 17.3 Å². The predicted octanol–water partition coefficient (Wildman–Crippen LogP) is 0.627. The topological polar surface area (TPSA) is 49.4 Å². The minimum atomic E-state index is -0.464. The van der Waals surface area contributed by atoms with Crippen molar-refractivity contribution in [2.24, 2.45) is 17.3 Å². The molecule has 4 nitrogen and oxygen atoms in total. The second kappa shape index (κ2) is 3.84. The standard InChI is InChI=1S/C12H20N2O2/c1-12(2,3)11(16)14-7-8-4-9(10(14)15)6-13-5-8/h8-9,13H,4-7H2,1-3H3. The molecule has 0 radical (unpaired) electrons. The minimum Gasteiger partial charge on any atom is -0.316 e. The van der Waals surface area contributed by atoms with Crippen LogP contribution in [0.4, 0.5) is 0 Å². The number of imide groups is 1. The molecule has 0 saturated carbocycles. The van der Waals surface area contributed by atoms with Crippen LogP contribution in [0.1, 0.15) is 27.2 Å². The van der Waals surface area contributed by atoms with Gasteiger partial charge in [-0.25, -0.2) is 0 Å². The van der Waals surface area contributed by atoms with E-state index in [2.05, 4.69) is 5.32 Å². The van der Waals surface area contributed by atoms with E-state index in [0.29, 0.717) is 12.5 Å². The summed E-state index contributed by atoms with van der Waals surface area (Å²) in [6.07, 6.45) is 0.944. The van der Waals surface area contributed by atoms with E-state index in [-0.39, 0.29) is 17.7 Å². The smallest absolute Gasteiger partial charge is 0.234 e. The Labute approximate surface area is 96.4 Å². The van der Waals surface area contributed by atoms with Gasteiger partial charge in [0, 0.05) is 18.5 Å². The van der Waals surface area contributed by atoms with Crippen LogP contribution in [-0.2, 0) is 9.59 Å². The number of carbonyl (C=O) groups excluding carboxylic acids is 2. The summed E-state index contributed by atoms with van der Waals surface area (Å²) >= 11 is 0. The van der Waals surface area contributed by atoms with Gasteiger partial charge >= 0.3 is 0 Å². The molecule has 0 aromatic rings. The molecule has 2 rings (SSSR count). The highest BCUT2D eigenvalue weighted by atomic mass is 16.2. The van der Waals surface area contributed by atoms with E-state index in [1.807, 2.05) is 20.8 Å². The van der Waals surface area contributed by atoms with Crippen molar-refractivity contribution in [2.75, 3.05) is 19.6 Å². The molecule has 2 heterocycles. The molecule has 0 aromatic heterocycles. The summed E-state index contributed by atoms with van der Waals surface area (Å²) in [4.78, 5) is 25.7. The van der Waals surface area contributed by atoms with Crippen molar-refractivity contribution in [3.63, 3.8) is 0 Å². The third-order valence-corrected chi connectivity index (χ3v) is 3.38. The minimum absolute atomic E-state index is 0.0128. The molecule has 2 aliphatic rings. The number of fused-ring (bicyclic) bond motifs is 2. The van der Waals surface area contributed by atoms with Gasteiger partial charge in [-0.05, 0) is 18.9 Å². The van der Waals surface area contributed by atoms with E-state index in [0.717, 1.165) is 19.5 Å². The summed E-state index contributed by atoms with van der Waals surface area (Å²) in [5.41, 5.74) is -0.464. The van der Waals surface area contributed by atoms with E-state index in [4.69, 9.17) is 0 Å². The second-order valence-electron chi connectivity index (χ2n) is 5.96. The first-order valence-electron chi connectivity index (χ1n) is 5.96. The Morgan fingerprint density at radius 3 is 2.69 bits per heavy atom. The Morgan fingerprint density at radius 2 is 2.06 bits per heavy atom. The van der Waals surface area contributed by atoms with Crippen molar-refractivity contribution in [3.05, 3.63) is 0 Å². The number of hydrogen-bond donors (Lipinski definition) is 1. The molecule has 0 spiro atoms. The average Bonchev–Trinajstić information content (AvgIpc) is 2.22. The van der Waals surface area contributed by atoms with Gasteiger partial charge in [0.2, 0.25) is 11.8 Å². The molecule has 0 aliphatic carbocycles. The first-order chi connectivity index (χ1) is 7.39. The third-order valence-electron chi connectivity index (χ3n) is 3.38. The summed E-state index contributed by atoms with van der Waals surface area (Å²) in [5.74, 6) is 0.444. The number of rotatable bonds is 0. The second-order valence-corrected chi connectivity index (χ2v) is 5.96. The van der Waals surface area contributed by atoms with Gasteiger partial charge in [0.25, 0.3) is 0 Å². The molecule has 2 fully saturated rings. The van der Waals surface area contributed by atoms with Crippen molar-refractivity contribution >= 4 is 11.8 Å². The average molecular weight is 224 g/mol. The lowest BCUT2D eigenvalue weighted by Crippen LogP contribution is -2.58. The normalized spacial score (nSPS) is 30.4. The lowest BCUT2D eigenvalue weighted by molar-refractivity contribution is -0.157. The maximum absolute atomic E-state index is 12.1. The fraction of sp³-hybridized carbons (Fsp3) is 0.833. The van der Waals surface area contributed by atoms with Gasteiger partial charge in [-0.1, -0.05) is 20.8 Å². The van der Waals surface area contributed by atoms with Crippen LogP contribution in [0.15, 0.2) is 0 Å².